The van der Waals surface area contributed by atoms with E-state index in [9.17, 15) is 14.4 Å². The molecule has 7 heteroatoms. The Hall–Kier alpha value is -3.92. The minimum atomic E-state index is -1.21. The first kappa shape index (κ1) is 21.8. The molecule has 0 amide bonds. The lowest BCUT2D eigenvalue weighted by Crippen LogP contribution is -2.36. The molecule has 0 radical (unpaired) electrons. The van der Waals surface area contributed by atoms with Gasteiger partial charge in [-0.1, -0.05) is 38.1 Å². The van der Waals surface area contributed by atoms with Crippen LogP contribution < -0.4 is 10.1 Å². The molecule has 2 unspecified atom stereocenters. The van der Waals surface area contributed by atoms with Crippen molar-refractivity contribution in [2.75, 3.05) is 5.32 Å². The molecule has 1 N–H and O–H groups in total. The molecule has 158 valence electrons. The van der Waals surface area contributed by atoms with E-state index in [2.05, 4.69) is 10.3 Å². The number of nitrogens with one attached hydrogen (secondary N) is 1. The first-order valence-electron chi connectivity index (χ1n) is 9.78. The number of aromatic nitrogens is 1. The van der Waals surface area contributed by atoms with E-state index in [1.807, 2.05) is 38.1 Å². The first-order chi connectivity index (χ1) is 15.0. The van der Waals surface area contributed by atoms with Gasteiger partial charge in [-0.25, -0.2) is 14.2 Å². The molecule has 0 bridgehead atoms. The molecule has 6 nitrogen and oxygen atoms in total. The zero-order chi connectivity index (χ0) is 22.2. The van der Waals surface area contributed by atoms with Gasteiger partial charge in [-0.2, -0.15) is 5.26 Å². The number of esters is 1. The fourth-order valence-corrected chi connectivity index (χ4v) is 2.81. The number of hydrogen-bond donors (Lipinski definition) is 1. The number of para-hydroxylation sites is 1. The lowest BCUT2D eigenvalue weighted by atomic mass is 10.0. The molecule has 1 aromatic heterocycles. The number of carbonyl (C=O) groups excluding carboxylic acids is 1. The molecule has 0 spiro atoms. The molecule has 3 rings (SSSR count). The number of pyridine rings is 1. The average Bonchev–Trinajstić information content (AvgIpc) is 2.77. The van der Waals surface area contributed by atoms with Gasteiger partial charge < -0.3 is 14.8 Å². The maximum Gasteiger partial charge on any atom is 0.330 e. The van der Waals surface area contributed by atoms with Crippen LogP contribution >= 0.6 is 0 Å². The second kappa shape index (κ2) is 10.2. The number of rotatable bonds is 8. The van der Waals surface area contributed by atoms with E-state index in [0.29, 0.717) is 11.4 Å². The van der Waals surface area contributed by atoms with E-state index in [-0.39, 0.29) is 23.3 Å². The van der Waals surface area contributed by atoms with Crippen molar-refractivity contribution in [3.8, 4) is 17.7 Å². The van der Waals surface area contributed by atoms with Gasteiger partial charge in [0, 0.05) is 11.8 Å². The summed E-state index contributed by atoms with van der Waals surface area (Å²) in [6.45, 7) is 3.69. The number of nitriles is 1. The Morgan fingerprint density at radius 1 is 1.03 bits per heavy atom. The van der Waals surface area contributed by atoms with Crippen LogP contribution in [0.3, 0.4) is 0 Å². The maximum absolute atomic E-state index is 13.1. The van der Waals surface area contributed by atoms with Gasteiger partial charge in [0.05, 0.1) is 5.69 Å². The van der Waals surface area contributed by atoms with Crippen molar-refractivity contribution < 1.29 is 18.7 Å². The van der Waals surface area contributed by atoms with Crippen LogP contribution in [-0.4, -0.2) is 17.0 Å². The summed E-state index contributed by atoms with van der Waals surface area (Å²) in [6.07, 6.45) is -1.21. The highest BCUT2D eigenvalue weighted by Gasteiger charge is 2.28. The van der Waals surface area contributed by atoms with E-state index in [1.54, 1.807) is 30.3 Å². The molecule has 0 aliphatic rings. The molecule has 2 aromatic carbocycles. The van der Waals surface area contributed by atoms with E-state index >= 15 is 0 Å². The zero-order valence-corrected chi connectivity index (χ0v) is 17.2. The second-order valence-electron chi connectivity index (χ2n) is 7.13. The van der Waals surface area contributed by atoms with E-state index in [1.165, 1.54) is 24.3 Å². The van der Waals surface area contributed by atoms with Crippen molar-refractivity contribution in [3.63, 3.8) is 0 Å². The Morgan fingerprint density at radius 3 is 2.39 bits per heavy atom. The molecule has 0 aliphatic heterocycles. The van der Waals surface area contributed by atoms with E-state index < -0.39 is 18.1 Å². The van der Waals surface area contributed by atoms with Crippen LogP contribution in [0.4, 0.5) is 10.1 Å². The van der Waals surface area contributed by atoms with Gasteiger partial charge in [0.1, 0.15) is 23.7 Å². The Morgan fingerprint density at radius 2 is 1.74 bits per heavy atom. The number of benzene rings is 2. The number of halogens is 1. The third kappa shape index (κ3) is 6.03. The lowest BCUT2D eigenvalue weighted by Gasteiger charge is -2.23. The number of ether oxygens (including phenoxy) is 2. The van der Waals surface area contributed by atoms with Gasteiger partial charge >= 0.3 is 5.97 Å². The van der Waals surface area contributed by atoms with Crippen LogP contribution in [-0.2, 0) is 9.53 Å². The molecular weight excluding hydrogens is 397 g/mol. The van der Waals surface area contributed by atoms with E-state index in [0.717, 1.165) is 0 Å². The Bertz CT molecular complexity index is 1050. The van der Waals surface area contributed by atoms with E-state index in [4.69, 9.17) is 9.47 Å². The normalized spacial score (nSPS) is 12.5. The summed E-state index contributed by atoms with van der Waals surface area (Å²) in [4.78, 5) is 17.1. The molecule has 1 heterocycles. The van der Waals surface area contributed by atoms with Crippen molar-refractivity contribution in [3.05, 3.63) is 84.3 Å². The van der Waals surface area contributed by atoms with Crippen LogP contribution in [0.15, 0.2) is 72.8 Å². The average molecular weight is 419 g/mol. The van der Waals surface area contributed by atoms with Crippen LogP contribution in [0.25, 0.3) is 0 Å². The second-order valence-corrected chi connectivity index (χ2v) is 7.13. The predicted molar refractivity (Wildman–Crippen MR) is 114 cm³/mol. The van der Waals surface area contributed by atoms with Gasteiger partial charge in [0.15, 0.2) is 0 Å². The summed E-state index contributed by atoms with van der Waals surface area (Å²) in [6, 6.07) is 20.9. The number of anilines is 1. The molecule has 0 fully saturated rings. The minimum absolute atomic E-state index is 0.141. The quantitative estimate of drug-likeness (QED) is 0.502. The maximum atomic E-state index is 13.1. The smallest absolute Gasteiger partial charge is 0.330 e. The zero-order valence-electron chi connectivity index (χ0n) is 17.2. The van der Waals surface area contributed by atoms with Gasteiger partial charge in [-0.15, -0.1) is 0 Å². The van der Waals surface area contributed by atoms with Gasteiger partial charge in [-0.3, -0.25) is 0 Å². The predicted octanol–water partition coefficient (Wildman–Crippen LogP) is 5.26. The summed E-state index contributed by atoms with van der Waals surface area (Å²) in [5.41, 5.74) is 0.829. The third-order valence-electron chi connectivity index (χ3n) is 4.42. The largest absolute Gasteiger partial charge is 0.439 e. The van der Waals surface area contributed by atoms with Gasteiger partial charge in [0.2, 0.25) is 12.0 Å². The Balaban J connectivity index is 1.73. The molecular formula is C24H22FN3O3. The van der Waals surface area contributed by atoms with Crippen molar-refractivity contribution in [2.45, 2.75) is 26.0 Å². The van der Waals surface area contributed by atoms with Crippen LogP contribution in [0, 0.1) is 23.1 Å². The van der Waals surface area contributed by atoms with Crippen molar-refractivity contribution in [2.24, 2.45) is 5.92 Å². The monoisotopic (exact) mass is 419 g/mol. The molecule has 2 atom stereocenters. The molecule has 3 aromatic rings. The number of carbonyl (C=O) groups is 1. The highest BCUT2D eigenvalue weighted by molar-refractivity contribution is 5.80. The highest BCUT2D eigenvalue weighted by atomic mass is 19.1. The number of nitrogens with zero attached hydrogens (tertiary/aromatic N) is 2. The fraction of sp³-hybridized carbons (Fsp3) is 0.208. The summed E-state index contributed by atoms with van der Waals surface area (Å²) in [7, 11) is 0. The summed E-state index contributed by atoms with van der Waals surface area (Å²) in [5.74, 6) is -0.243. The summed E-state index contributed by atoms with van der Waals surface area (Å²) < 4.78 is 24.3. The van der Waals surface area contributed by atoms with Crippen LogP contribution in [0.1, 0.15) is 25.6 Å². The molecule has 0 saturated heterocycles. The van der Waals surface area contributed by atoms with Crippen LogP contribution in [0.5, 0.6) is 11.6 Å². The summed E-state index contributed by atoms with van der Waals surface area (Å²) >= 11 is 0. The lowest BCUT2D eigenvalue weighted by molar-refractivity contribution is -0.149. The van der Waals surface area contributed by atoms with Crippen molar-refractivity contribution in [1.82, 2.24) is 4.98 Å². The van der Waals surface area contributed by atoms with Crippen molar-refractivity contribution >= 4 is 11.7 Å². The Labute approximate surface area is 180 Å². The van der Waals surface area contributed by atoms with Gasteiger partial charge in [-0.05, 0) is 48.4 Å². The Kier molecular flexibility index (Phi) is 7.17. The first-order valence-corrected chi connectivity index (χ1v) is 9.78. The molecule has 0 aliphatic carbocycles. The fourth-order valence-electron chi connectivity index (χ4n) is 2.81. The van der Waals surface area contributed by atoms with Gasteiger partial charge in [0.25, 0.3) is 0 Å². The highest BCUT2D eigenvalue weighted by Crippen LogP contribution is 2.24. The number of hydrogen-bond acceptors (Lipinski definition) is 6. The summed E-state index contributed by atoms with van der Waals surface area (Å²) in [5, 5.41) is 12.6. The SMILES string of the molecule is CC(C)C(Nc1ccc(F)cc1)C(=O)OC(C#N)c1cccc(Oc2ccccc2)n1. The molecule has 31 heavy (non-hydrogen) atoms. The third-order valence-corrected chi connectivity index (χ3v) is 4.42. The molecule has 0 saturated carbocycles. The standard InChI is InChI=1S/C24H22FN3O3/c1-16(2)23(27-18-13-11-17(25)12-14-18)24(29)31-21(15-26)20-9-6-10-22(28-20)30-19-7-4-3-5-8-19/h3-14,16,21,23,27H,1-2H3. The topological polar surface area (TPSA) is 84.2 Å². The van der Waals surface area contributed by atoms with Crippen LogP contribution in [0.2, 0.25) is 0 Å². The minimum Gasteiger partial charge on any atom is -0.439 e. The van der Waals surface area contributed by atoms with Crippen molar-refractivity contribution in [1.29, 1.82) is 5.26 Å².